The summed E-state index contributed by atoms with van der Waals surface area (Å²) in [5.41, 5.74) is 1.81. The Morgan fingerprint density at radius 1 is 0.926 bits per heavy atom. The molecule has 0 N–H and O–H groups in total. The number of amides is 2. The number of rotatable bonds is 4. The molecule has 0 radical (unpaired) electrons. The van der Waals surface area contributed by atoms with Gasteiger partial charge in [-0.2, -0.15) is 0 Å². The zero-order valence-electron chi connectivity index (χ0n) is 13.6. The summed E-state index contributed by atoms with van der Waals surface area (Å²) in [6, 6.07) is 13.9. The van der Waals surface area contributed by atoms with Gasteiger partial charge in [0.25, 0.3) is 16.9 Å². The van der Waals surface area contributed by atoms with Crippen LogP contribution in [0.5, 0.6) is 0 Å². The minimum absolute atomic E-state index is 0.384. The van der Waals surface area contributed by atoms with Crippen LogP contribution in [0.25, 0.3) is 10.6 Å². The number of anilines is 1. The third kappa shape index (κ3) is 3.67. The molecule has 27 heavy (non-hydrogen) atoms. The van der Waals surface area contributed by atoms with Crippen LogP contribution >= 0.6 is 22.9 Å². The van der Waals surface area contributed by atoms with Crippen molar-refractivity contribution < 1.29 is 9.59 Å². The van der Waals surface area contributed by atoms with E-state index in [0.29, 0.717) is 26.5 Å². The van der Waals surface area contributed by atoms with E-state index in [2.05, 4.69) is 20.4 Å². The molecular formula is C18H10ClN5O2S. The molecule has 0 fully saturated rings. The number of azo groups is 1. The van der Waals surface area contributed by atoms with E-state index >= 15 is 0 Å². The molecule has 1 aromatic heterocycles. The number of imide groups is 1. The van der Waals surface area contributed by atoms with Crippen molar-refractivity contribution in [1.29, 1.82) is 0 Å². The van der Waals surface area contributed by atoms with Crippen molar-refractivity contribution in [3.05, 3.63) is 65.7 Å². The van der Waals surface area contributed by atoms with Gasteiger partial charge >= 0.3 is 0 Å². The lowest BCUT2D eigenvalue weighted by atomic mass is 10.2. The molecule has 0 unspecified atom stereocenters. The molecule has 132 valence electrons. The van der Waals surface area contributed by atoms with Crippen LogP contribution in [0.4, 0.5) is 16.5 Å². The Morgan fingerprint density at radius 2 is 1.67 bits per heavy atom. The predicted molar refractivity (Wildman–Crippen MR) is 103 cm³/mol. The third-order valence-corrected chi connectivity index (χ3v) is 4.76. The van der Waals surface area contributed by atoms with Gasteiger partial charge in [0, 0.05) is 22.7 Å². The van der Waals surface area contributed by atoms with Crippen molar-refractivity contribution in [2.75, 3.05) is 4.90 Å². The summed E-state index contributed by atoms with van der Waals surface area (Å²) in [6.45, 7) is 0. The first-order valence-electron chi connectivity index (χ1n) is 7.77. The summed E-state index contributed by atoms with van der Waals surface area (Å²) in [4.78, 5) is 24.6. The highest BCUT2D eigenvalue weighted by molar-refractivity contribution is 7.18. The first kappa shape index (κ1) is 17.2. The van der Waals surface area contributed by atoms with Gasteiger partial charge in [-0.05, 0) is 30.3 Å². The van der Waals surface area contributed by atoms with Crippen molar-refractivity contribution in [2.45, 2.75) is 0 Å². The minimum Gasteiger partial charge on any atom is -0.269 e. The highest BCUT2D eigenvalue weighted by Crippen LogP contribution is 2.30. The van der Waals surface area contributed by atoms with E-state index in [1.807, 2.05) is 12.1 Å². The normalized spacial score (nSPS) is 13.9. The number of benzene rings is 2. The lowest BCUT2D eigenvalue weighted by Crippen LogP contribution is -2.29. The zero-order chi connectivity index (χ0) is 18.8. The van der Waals surface area contributed by atoms with Crippen LogP contribution in [0.15, 0.2) is 70.9 Å². The maximum atomic E-state index is 11.8. The molecule has 7 nitrogen and oxygen atoms in total. The molecule has 9 heteroatoms. The third-order valence-electron chi connectivity index (χ3n) is 3.65. The number of hydrogen-bond acceptors (Lipinski definition) is 7. The van der Waals surface area contributed by atoms with Gasteiger partial charge in [0.2, 0.25) is 0 Å². The van der Waals surface area contributed by atoms with Crippen molar-refractivity contribution in [1.82, 2.24) is 10.2 Å². The van der Waals surface area contributed by atoms with Crippen LogP contribution in [0.3, 0.4) is 0 Å². The number of carbonyl (C=O) groups is 2. The summed E-state index contributed by atoms with van der Waals surface area (Å²) in [7, 11) is 0. The molecule has 0 saturated carbocycles. The molecular weight excluding hydrogens is 386 g/mol. The van der Waals surface area contributed by atoms with Crippen LogP contribution in [0.1, 0.15) is 0 Å². The number of nitrogens with zero attached hydrogens (tertiary/aromatic N) is 5. The Hall–Kier alpha value is -3.23. The fraction of sp³-hybridized carbons (Fsp3) is 0. The predicted octanol–water partition coefficient (Wildman–Crippen LogP) is 4.70. The van der Waals surface area contributed by atoms with Gasteiger partial charge in [-0.25, -0.2) is 4.90 Å². The first-order chi connectivity index (χ1) is 13.1. The minimum atomic E-state index is -0.384. The topological polar surface area (TPSA) is 87.9 Å². The summed E-state index contributed by atoms with van der Waals surface area (Å²) in [5, 5.41) is 18.0. The van der Waals surface area contributed by atoms with Gasteiger partial charge in [-0.15, -0.1) is 20.4 Å². The van der Waals surface area contributed by atoms with Crippen LogP contribution in [0, 0.1) is 0 Å². The fourth-order valence-electron chi connectivity index (χ4n) is 2.41. The monoisotopic (exact) mass is 395 g/mol. The Kier molecular flexibility index (Phi) is 4.57. The molecule has 0 bridgehead atoms. The smallest absolute Gasteiger partial charge is 0.258 e. The zero-order valence-corrected chi connectivity index (χ0v) is 15.2. The van der Waals surface area contributed by atoms with Crippen molar-refractivity contribution in [3.63, 3.8) is 0 Å². The number of hydrogen-bond donors (Lipinski definition) is 0. The van der Waals surface area contributed by atoms with Gasteiger partial charge in [0.15, 0.2) is 0 Å². The average molecular weight is 396 g/mol. The van der Waals surface area contributed by atoms with E-state index in [0.717, 1.165) is 10.5 Å². The molecule has 0 aliphatic carbocycles. The largest absolute Gasteiger partial charge is 0.269 e. The van der Waals surface area contributed by atoms with Crippen molar-refractivity contribution >= 4 is 51.3 Å². The van der Waals surface area contributed by atoms with E-state index in [4.69, 9.17) is 11.6 Å². The molecule has 1 aliphatic rings. The maximum Gasteiger partial charge on any atom is 0.258 e. The van der Waals surface area contributed by atoms with Crippen LogP contribution < -0.4 is 4.90 Å². The van der Waals surface area contributed by atoms with Crippen molar-refractivity contribution in [3.8, 4) is 10.6 Å². The Morgan fingerprint density at radius 3 is 2.41 bits per heavy atom. The standard InChI is InChI=1S/C18H10ClN5O2S/c19-12-6-4-11(5-7-12)17-21-23-18(27-17)22-20-13-2-1-3-14(10-13)24-15(25)8-9-16(24)26/h1-10H. The van der Waals surface area contributed by atoms with E-state index < -0.39 is 0 Å². The van der Waals surface area contributed by atoms with Gasteiger partial charge in [0.1, 0.15) is 5.01 Å². The second-order valence-electron chi connectivity index (χ2n) is 5.46. The molecule has 0 saturated heterocycles. The van der Waals surface area contributed by atoms with Crippen LogP contribution in [-0.4, -0.2) is 22.0 Å². The number of aromatic nitrogens is 2. The Labute approximate surface area is 162 Å². The van der Waals surface area contributed by atoms with Crippen LogP contribution in [0.2, 0.25) is 5.02 Å². The molecule has 2 heterocycles. The fourth-order valence-corrected chi connectivity index (χ4v) is 3.21. The summed E-state index contributed by atoms with van der Waals surface area (Å²) in [6.07, 6.45) is 2.46. The van der Waals surface area contributed by atoms with E-state index in [9.17, 15) is 9.59 Å². The van der Waals surface area contributed by atoms with Crippen LogP contribution in [-0.2, 0) is 9.59 Å². The highest BCUT2D eigenvalue weighted by Gasteiger charge is 2.25. The maximum absolute atomic E-state index is 11.8. The van der Waals surface area contributed by atoms with E-state index in [1.54, 1.807) is 36.4 Å². The average Bonchev–Trinajstić information content (AvgIpc) is 3.27. The van der Waals surface area contributed by atoms with Gasteiger partial charge < -0.3 is 0 Å². The summed E-state index contributed by atoms with van der Waals surface area (Å²) >= 11 is 7.17. The Bertz CT molecular complexity index is 1070. The molecule has 1 aliphatic heterocycles. The molecule has 0 atom stereocenters. The highest BCUT2D eigenvalue weighted by atomic mass is 35.5. The lowest BCUT2D eigenvalue weighted by molar-refractivity contribution is -0.119. The molecule has 2 aromatic carbocycles. The molecule has 2 amide bonds. The molecule has 4 rings (SSSR count). The quantitative estimate of drug-likeness (QED) is 0.473. The lowest BCUT2D eigenvalue weighted by Gasteiger charge is -2.13. The second-order valence-corrected chi connectivity index (χ2v) is 6.85. The van der Waals surface area contributed by atoms with E-state index in [1.165, 1.54) is 23.5 Å². The van der Waals surface area contributed by atoms with Gasteiger partial charge in [-0.3, -0.25) is 9.59 Å². The van der Waals surface area contributed by atoms with E-state index in [-0.39, 0.29) is 11.8 Å². The summed E-state index contributed by atoms with van der Waals surface area (Å²) < 4.78 is 0. The first-order valence-corrected chi connectivity index (χ1v) is 8.97. The summed E-state index contributed by atoms with van der Waals surface area (Å²) in [5.74, 6) is -0.767. The second kappa shape index (κ2) is 7.18. The number of halogens is 1. The van der Waals surface area contributed by atoms with Gasteiger partial charge in [0.05, 0.1) is 11.4 Å². The van der Waals surface area contributed by atoms with Crippen molar-refractivity contribution in [2.24, 2.45) is 10.2 Å². The molecule has 3 aromatic rings. The SMILES string of the molecule is O=C1C=CC(=O)N1c1cccc(N=Nc2nnc(-c3ccc(Cl)cc3)s2)c1. The number of carbonyl (C=O) groups excluding carboxylic acids is 2. The van der Waals surface area contributed by atoms with Gasteiger partial charge in [-0.1, -0.05) is 41.1 Å². The Balaban J connectivity index is 1.54. The molecule has 0 spiro atoms.